The second-order valence-corrected chi connectivity index (χ2v) is 4.80. The van der Waals surface area contributed by atoms with E-state index in [1.165, 1.54) is 19.3 Å². The monoisotopic (exact) mass is 253 g/mol. The number of aromatic nitrogens is 2. The van der Waals surface area contributed by atoms with Crippen LogP contribution < -0.4 is 16.6 Å². The van der Waals surface area contributed by atoms with Gasteiger partial charge in [-0.15, -0.1) is 0 Å². The molecule has 0 amide bonds. The van der Waals surface area contributed by atoms with Crippen LogP contribution in [0.25, 0.3) is 0 Å². The van der Waals surface area contributed by atoms with Crippen molar-refractivity contribution in [1.82, 2.24) is 9.97 Å². The van der Waals surface area contributed by atoms with Gasteiger partial charge in [0, 0.05) is 6.04 Å². The largest absolute Gasteiger partial charge is 0.365 e. The van der Waals surface area contributed by atoms with Crippen LogP contribution in [0.15, 0.2) is 6.20 Å². The number of hydrogen-bond acceptors (Lipinski definition) is 5. The number of nitrogens with zero attached hydrogens (tertiary/aromatic N) is 2. The smallest absolute Gasteiger partial charge is 0.239 e. The van der Waals surface area contributed by atoms with Crippen LogP contribution >= 0.6 is 0 Å². The van der Waals surface area contributed by atoms with Crippen LogP contribution in [0.1, 0.15) is 39.0 Å². The second-order valence-electron chi connectivity index (χ2n) is 4.80. The zero-order chi connectivity index (χ0) is 13.0. The van der Waals surface area contributed by atoms with Crippen LogP contribution in [-0.2, 0) is 0 Å². The Kier molecular flexibility index (Phi) is 4.30. The predicted octanol–water partition coefficient (Wildman–Crippen LogP) is 2.28. The Labute approximate surface area is 106 Å². The van der Waals surface area contributed by atoms with Gasteiger partial charge in [0.1, 0.15) is 0 Å². The van der Waals surface area contributed by atoms with Gasteiger partial charge in [-0.3, -0.25) is 5.43 Å². The van der Waals surface area contributed by atoms with Crippen molar-refractivity contribution in [3.63, 3.8) is 0 Å². The first-order chi connectivity index (χ1) is 8.72. The molecule has 6 heteroatoms. The van der Waals surface area contributed by atoms with Gasteiger partial charge in [-0.25, -0.2) is 15.2 Å². The van der Waals surface area contributed by atoms with E-state index in [1.807, 2.05) is 0 Å². The molecule has 0 radical (unpaired) electrons. The molecular formula is C12H20FN5. The topological polar surface area (TPSA) is 75.9 Å². The van der Waals surface area contributed by atoms with Crippen LogP contribution in [0.2, 0.25) is 0 Å². The molecule has 5 nitrogen and oxygen atoms in total. The first kappa shape index (κ1) is 13.0. The Hall–Kier alpha value is -1.43. The van der Waals surface area contributed by atoms with Crippen LogP contribution in [-0.4, -0.2) is 16.0 Å². The lowest BCUT2D eigenvalue weighted by atomic mass is 9.84. The van der Waals surface area contributed by atoms with Crippen molar-refractivity contribution < 1.29 is 4.39 Å². The summed E-state index contributed by atoms with van der Waals surface area (Å²) in [6.07, 6.45) is 6.88. The van der Waals surface area contributed by atoms with E-state index in [0.717, 1.165) is 25.0 Å². The third-order valence-electron chi connectivity index (χ3n) is 3.64. The molecule has 18 heavy (non-hydrogen) atoms. The van der Waals surface area contributed by atoms with Gasteiger partial charge >= 0.3 is 0 Å². The first-order valence-electron chi connectivity index (χ1n) is 6.48. The second kappa shape index (κ2) is 5.95. The Bertz CT molecular complexity index is 390. The molecule has 100 valence electrons. The van der Waals surface area contributed by atoms with Gasteiger partial charge < -0.3 is 5.32 Å². The van der Waals surface area contributed by atoms with Crippen LogP contribution in [0, 0.1) is 11.7 Å². The molecule has 0 saturated heterocycles. The highest BCUT2D eigenvalue weighted by Crippen LogP contribution is 2.28. The average molecular weight is 253 g/mol. The molecule has 0 bridgehead atoms. The summed E-state index contributed by atoms with van der Waals surface area (Å²) in [5.74, 6) is 6.05. The standard InChI is InChI=1S/C12H20FN5/c1-2-8-3-5-9(6-4-8)16-11-10(13)7-15-12(17-11)18-14/h7-9H,2-6,14H2,1H3,(H2,15,16,17,18). The number of anilines is 2. The van der Waals surface area contributed by atoms with Gasteiger partial charge in [0.2, 0.25) is 5.95 Å². The van der Waals surface area contributed by atoms with Crippen molar-refractivity contribution in [2.75, 3.05) is 10.7 Å². The van der Waals surface area contributed by atoms with Gasteiger partial charge in [0.15, 0.2) is 11.6 Å². The molecule has 1 saturated carbocycles. The summed E-state index contributed by atoms with van der Waals surface area (Å²) in [4.78, 5) is 7.70. The predicted molar refractivity (Wildman–Crippen MR) is 69.5 cm³/mol. The average Bonchev–Trinajstić information content (AvgIpc) is 2.42. The van der Waals surface area contributed by atoms with Crippen LogP contribution in [0.3, 0.4) is 0 Å². The molecule has 0 atom stereocenters. The van der Waals surface area contributed by atoms with E-state index in [2.05, 4.69) is 27.6 Å². The molecular weight excluding hydrogens is 233 g/mol. The van der Waals surface area contributed by atoms with E-state index in [-0.39, 0.29) is 11.8 Å². The zero-order valence-corrected chi connectivity index (χ0v) is 10.6. The van der Waals surface area contributed by atoms with E-state index in [0.29, 0.717) is 6.04 Å². The van der Waals surface area contributed by atoms with Crippen LogP contribution in [0.4, 0.5) is 16.2 Å². The Balaban J connectivity index is 1.97. The number of hydrogen-bond donors (Lipinski definition) is 3. The number of hydrazine groups is 1. The highest BCUT2D eigenvalue weighted by atomic mass is 19.1. The van der Waals surface area contributed by atoms with E-state index in [9.17, 15) is 4.39 Å². The van der Waals surface area contributed by atoms with Crippen molar-refractivity contribution in [3.05, 3.63) is 12.0 Å². The summed E-state index contributed by atoms with van der Waals surface area (Å²) < 4.78 is 13.5. The Morgan fingerprint density at radius 3 is 2.72 bits per heavy atom. The molecule has 0 unspecified atom stereocenters. The third-order valence-corrected chi connectivity index (χ3v) is 3.64. The number of rotatable bonds is 4. The molecule has 0 aromatic carbocycles. The zero-order valence-electron chi connectivity index (χ0n) is 10.6. The van der Waals surface area contributed by atoms with E-state index < -0.39 is 5.82 Å². The van der Waals surface area contributed by atoms with Gasteiger partial charge in [-0.05, 0) is 31.6 Å². The minimum absolute atomic E-state index is 0.223. The van der Waals surface area contributed by atoms with Crippen molar-refractivity contribution >= 4 is 11.8 Å². The summed E-state index contributed by atoms with van der Waals surface area (Å²) in [5, 5.41) is 3.15. The fourth-order valence-electron chi connectivity index (χ4n) is 2.45. The Morgan fingerprint density at radius 1 is 1.39 bits per heavy atom. The lowest BCUT2D eigenvalue weighted by molar-refractivity contribution is 0.329. The quantitative estimate of drug-likeness (QED) is 0.567. The number of nitrogens with two attached hydrogens (primary N) is 1. The summed E-state index contributed by atoms with van der Waals surface area (Å²) in [6, 6.07) is 0.294. The van der Waals surface area contributed by atoms with E-state index in [1.54, 1.807) is 0 Å². The minimum atomic E-state index is -0.438. The van der Waals surface area contributed by atoms with Crippen molar-refractivity contribution in [2.45, 2.75) is 45.1 Å². The van der Waals surface area contributed by atoms with E-state index >= 15 is 0 Å². The summed E-state index contributed by atoms with van der Waals surface area (Å²) in [7, 11) is 0. The van der Waals surface area contributed by atoms with Gasteiger partial charge in [-0.2, -0.15) is 4.98 Å². The first-order valence-corrected chi connectivity index (χ1v) is 6.48. The molecule has 1 aromatic rings. The lowest BCUT2D eigenvalue weighted by Crippen LogP contribution is -2.27. The normalized spacial score (nSPS) is 23.7. The fraction of sp³-hybridized carbons (Fsp3) is 0.667. The van der Waals surface area contributed by atoms with Gasteiger partial charge in [-0.1, -0.05) is 13.3 Å². The molecule has 2 rings (SSSR count). The number of halogens is 1. The molecule has 1 fully saturated rings. The van der Waals surface area contributed by atoms with Crippen molar-refractivity contribution in [2.24, 2.45) is 11.8 Å². The molecule has 4 N–H and O–H groups in total. The fourth-order valence-corrected chi connectivity index (χ4v) is 2.45. The van der Waals surface area contributed by atoms with Crippen molar-refractivity contribution in [3.8, 4) is 0 Å². The van der Waals surface area contributed by atoms with E-state index in [4.69, 9.17) is 5.84 Å². The number of nitrogens with one attached hydrogen (secondary N) is 2. The lowest BCUT2D eigenvalue weighted by Gasteiger charge is -2.28. The Morgan fingerprint density at radius 2 is 2.11 bits per heavy atom. The molecule has 1 aliphatic rings. The molecule has 0 spiro atoms. The molecule has 0 aliphatic heterocycles. The summed E-state index contributed by atoms with van der Waals surface area (Å²) in [5.41, 5.74) is 2.32. The maximum atomic E-state index is 13.5. The van der Waals surface area contributed by atoms with Gasteiger partial charge in [0.25, 0.3) is 0 Å². The maximum absolute atomic E-state index is 13.5. The van der Waals surface area contributed by atoms with Gasteiger partial charge in [0.05, 0.1) is 6.20 Å². The molecule has 1 heterocycles. The summed E-state index contributed by atoms with van der Waals surface area (Å²) >= 11 is 0. The van der Waals surface area contributed by atoms with Crippen LogP contribution in [0.5, 0.6) is 0 Å². The SMILES string of the molecule is CCC1CCC(Nc2nc(NN)ncc2F)CC1. The highest BCUT2D eigenvalue weighted by molar-refractivity contribution is 5.41. The molecule has 1 aromatic heterocycles. The minimum Gasteiger partial charge on any atom is -0.365 e. The number of nitrogen functional groups attached to an aromatic ring is 1. The highest BCUT2D eigenvalue weighted by Gasteiger charge is 2.21. The third kappa shape index (κ3) is 3.07. The molecule has 1 aliphatic carbocycles. The summed E-state index contributed by atoms with van der Waals surface area (Å²) in [6.45, 7) is 2.22. The maximum Gasteiger partial charge on any atom is 0.239 e. The van der Waals surface area contributed by atoms with Crippen molar-refractivity contribution in [1.29, 1.82) is 0 Å².